The van der Waals surface area contributed by atoms with Gasteiger partial charge in [-0.25, -0.2) is 4.98 Å². The maximum absolute atomic E-state index is 4.43. The molecule has 90 valence electrons. The van der Waals surface area contributed by atoms with Gasteiger partial charge in [0.05, 0.1) is 11.0 Å². The van der Waals surface area contributed by atoms with Crippen molar-refractivity contribution in [3.8, 4) is 0 Å². The number of rotatable bonds is 1. The summed E-state index contributed by atoms with van der Waals surface area (Å²) in [6.45, 7) is 6.28. The van der Waals surface area contributed by atoms with Crippen LogP contribution in [0, 0.1) is 6.92 Å². The molecular weight excluding hydrogens is 212 g/mol. The van der Waals surface area contributed by atoms with Crippen molar-refractivity contribution in [1.29, 1.82) is 0 Å². The zero-order chi connectivity index (χ0) is 11.8. The molecule has 1 aromatic heterocycles. The normalized spacial score (nSPS) is 25.3. The van der Waals surface area contributed by atoms with Crippen LogP contribution in [0.5, 0.6) is 0 Å². The van der Waals surface area contributed by atoms with Crippen LogP contribution in [0.1, 0.15) is 24.4 Å². The van der Waals surface area contributed by atoms with Crippen molar-refractivity contribution >= 4 is 11.0 Å². The van der Waals surface area contributed by atoms with E-state index in [9.17, 15) is 0 Å². The summed E-state index contributed by atoms with van der Waals surface area (Å²) < 4.78 is 0. The Morgan fingerprint density at radius 2 is 2.06 bits per heavy atom. The van der Waals surface area contributed by atoms with Gasteiger partial charge in [-0.05, 0) is 31.5 Å². The highest BCUT2D eigenvalue weighted by Gasteiger charge is 2.22. The summed E-state index contributed by atoms with van der Waals surface area (Å²) in [5.74, 6) is 0.972. The average molecular weight is 230 g/mol. The first-order valence-electron chi connectivity index (χ1n) is 6.17. The molecule has 2 atom stereocenters. The lowest BCUT2D eigenvalue weighted by Gasteiger charge is -2.31. The Balaban J connectivity index is 1.98. The van der Waals surface area contributed by atoms with Crippen molar-refractivity contribution in [3.63, 3.8) is 0 Å². The fraction of sp³-hybridized carbons (Fsp3) is 0.462. The summed E-state index contributed by atoms with van der Waals surface area (Å²) >= 11 is 0. The summed E-state index contributed by atoms with van der Waals surface area (Å²) in [6.07, 6.45) is 0. The highest BCUT2D eigenvalue weighted by molar-refractivity contribution is 5.76. The molecule has 1 aliphatic rings. The smallest absolute Gasteiger partial charge is 0.104 e. The van der Waals surface area contributed by atoms with Crippen LogP contribution >= 0.6 is 0 Å². The summed E-state index contributed by atoms with van der Waals surface area (Å²) in [5.41, 5.74) is 3.49. The van der Waals surface area contributed by atoms with Crippen LogP contribution in [-0.4, -0.2) is 29.1 Å². The van der Waals surface area contributed by atoms with E-state index in [0.29, 0.717) is 12.1 Å². The summed E-state index contributed by atoms with van der Waals surface area (Å²) in [6, 6.07) is 7.32. The number of fused-ring (bicyclic) bond motifs is 1. The van der Waals surface area contributed by atoms with Gasteiger partial charge < -0.3 is 15.6 Å². The highest BCUT2D eigenvalue weighted by Crippen LogP contribution is 2.22. The van der Waals surface area contributed by atoms with Crippen LogP contribution in [-0.2, 0) is 0 Å². The van der Waals surface area contributed by atoms with Crippen LogP contribution in [0.3, 0.4) is 0 Å². The molecule has 2 unspecified atom stereocenters. The van der Waals surface area contributed by atoms with Gasteiger partial charge in [0.25, 0.3) is 0 Å². The number of hydrogen-bond acceptors (Lipinski definition) is 3. The zero-order valence-electron chi connectivity index (χ0n) is 10.2. The Kier molecular flexibility index (Phi) is 2.61. The van der Waals surface area contributed by atoms with Gasteiger partial charge in [0.15, 0.2) is 0 Å². The van der Waals surface area contributed by atoms with E-state index in [0.717, 1.165) is 29.9 Å². The Hall–Kier alpha value is -1.39. The molecule has 0 aliphatic carbocycles. The van der Waals surface area contributed by atoms with Crippen molar-refractivity contribution in [2.75, 3.05) is 13.1 Å². The molecule has 0 amide bonds. The maximum Gasteiger partial charge on any atom is 0.104 e. The third kappa shape index (κ3) is 1.94. The molecule has 1 aromatic carbocycles. The lowest BCUT2D eigenvalue weighted by molar-refractivity contribution is 0.346. The molecule has 1 saturated heterocycles. The zero-order valence-corrected chi connectivity index (χ0v) is 10.2. The standard InChI is InChI=1S/C13H18N4/c1-8-13(15-6-5-14-8)10-3-4-11-12(7-10)17-9(2)16-11/h3-4,7-8,13-15H,5-6H2,1-2H3,(H,16,17). The Morgan fingerprint density at radius 1 is 1.24 bits per heavy atom. The minimum absolute atomic E-state index is 0.386. The molecule has 3 N–H and O–H groups in total. The maximum atomic E-state index is 4.43. The third-order valence-electron chi connectivity index (χ3n) is 3.44. The summed E-state index contributed by atoms with van der Waals surface area (Å²) in [7, 11) is 0. The number of nitrogens with one attached hydrogen (secondary N) is 3. The van der Waals surface area contributed by atoms with Crippen LogP contribution in [0.2, 0.25) is 0 Å². The molecule has 4 nitrogen and oxygen atoms in total. The number of aryl methyl sites for hydroxylation is 1. The fourth-order valence-electron chi connectivity index (χ4n) is 2.58. The third-order valence-corrected chi connectivity index (χ3v) is 3.44. The quantitative estimate of drug-likeness (QED) is 0.696. The average Bonchev–Trinajstić information content (AvgIpc) is 2.68. The lowest BCUT2D eigenvalue weighted by Crippen LogP contribution is -2.48. The lowest BCUT2D eigenvalue weighted by atomic mass is 9.98. The first-order chi connectivity index (χ1) is 8.24. The van der Waals surface area contributed by atoms with Gasteiger partial charge in [0.1, 0.15) is 5.82 Å². The van der Waals surface area contributed by atoms with Crippen LogP contribution in [0.25, 0.3) is 11.0 Å². The first-order valence-corrected chi connectivity index (χ1v) is 6.17. The predicted molar refractivity (Wildman–Crippen MR) is 69.0 cm³/mol. The van der Waals surface area contributed by atoms with Gasteiger partial charge >= 0.3 is 0 Å². The minimum atomic E-state index is 0.386. The van der Waals surface area contributed by atoms with E-state index in [1.807, 2.05) is 6.92 Å². The van der Waals surface area contributed by atoms with Crippen molar-refractivity contribution in [2.45, 2.75) is 25.9 Å². The molecule has 0 spiro atoms. The van der Waals surface area contributed by atoms with Crippen LogP contribution < -0.4 is 10.6 Å². The van der Waals surface area contributed by atoms with E-state index in [2.05, 4.69) is 45.7 Å². The number of piperazine rings is 1. The fourth-order valence-corrected chi connectivity index (χ4v) is 2.58. The van der Waals surface area contributed by atoms with Crippen molar-refractivity contribution < 1.29 is 0 Å². The highest BCUT2D eigenvalue weighted by atomic mass is 15.1. The van der Waals surface area contributed by atoms with Gasteiger partial charge in [0.2, 0.25) is 0 Å². The molecule has 0 bridgehead atoms. The van der Waals surface area contributed by atoms with Crippen LogP contribution in [0.15, 0.2) is 18.2 Å². The molecule has 3 rings (SSSR count). The number of imidazole rings is 1. The number of nitrogens with zero attached hydrogens (tertiary/aromatic N) is 1. The number of benzene rings is 1. The van der Waals surface area contributed by atoms with Crippen molar-refractivity contribution in [3.05, 3.63) is 29.6 Å². The van der Waals surface area contributed by atoms with Gasteiger partial charge in [0, 0.05) is 25.2 Å². The second-order valence-corrected chi connectivity index (χ2v) is 4.77. The molecule has 2 heterocycles. The molecule has 17 heavy (non-hydrogen) atoms. The topological polar surface area (TPSA) is 52.7 Å². The van der Waals surface area contributed by atoms with Crippen molar-refractivity contribution in [2.24, 2.45) is 0 Å². The number of aromatic amines is 1. The Bertz CT molecular complexity index is 531. The van der Waals surface area contributed by atoms with Crippen LogP contribution in [0.4, 0.5) is 0 Å². The Labute approximate surface area is 101 Å². The molecule has 0 radical (unpaired) electrons. The Morgan fingerprint density at radius 3 is 2.88 bits per heavy atom. The number of H-pyrrole nitrogens is 1. The first kappa shape index (κ1) is 10.7. The molecular formula is C13H18N4. The molecule has 2 aromatic rings. The minimum Gasteiger partial charge on any atom is -0.342 e. The molecule has 0 saturated carbocycles. The molecule has 4 heteroatoms. The SMILES string of the molecule is Cc1nc2ccc(C3NCCNC3C)cc2[nH]1. The molecule has 1 fully saturated rings. The van der Waals surface area contributed by atoms with Gasteiger partial charge in [-0.1, -0.05) is 6.07 Å². The van der Waals surface area contributed by atoms with E-state index < -0.39 is 0 Å². The van der Waals surface area contributed by atoms with Crippen molar-refractivity contribution in [1.82, 2.24) is 20.6 Å². The van der Waals surface area contributed by atoms with E-state index in [1.165, 1.54) is 5.56 Å². The number of hydrogen-bond donors (Lipinski definition) is 3. The van der Waals surface area contributed by atoms with E-state index in [1.54, 1.807) is 0 Å². The van der Waals surface area contributed by atoms with E-state index in [4.69, 9.17) is 0 Å². The van der Waals surface area contributed by atoms with Gasteiger partial charge in [-0.3, -0.25) is 0 Å². The monoisotopic (exact) mass is 230 g/mol. The largest absolute Gasteiger partial charge is 0.342 e. The summed E-state index contributed by atoms with van der Waals surface area (Å²) in [5, 5.41) is 7.06. The number of aromatic nitrogens is 2. The second kappa shape index (κ2) is 4.13. The predicted octanol–water partition coefficient (Wildman–Crippen LogP) is 1.49. The molecule has 1 aliphatic heterocycles. The summed E-state index contributed by atoms with van der Waals surface area (Å²) in [4.78, 5) is 7.72. The second-order valence-electron chi connectivity index (χ2n) is 4.77. The van der Waals surface area contributed by atoms with Gasteiger partial charge in [-0.15, -0.1) is 0 Å². The van der Waals surface area contributed by atoms with E-state index >= 15 is 0 Å². The van der Waals surface area contributed by atoms with Gasteiger partial charge in [-0.2, -0.15) is 0 Å². The van der Waals surface area contributed by atoms with E-state index in [-0.39, 0.29) is 0 Å².